The SMILES string of the molecule is Fc1cc(CNCC2CN(Cc3ccccc3)CCCO2)ccc1OC(F)F. The third-order valence-corrected chi connectivity index (χ3v) is 4.60. The Morgan fingerprint density at radius 1 is 1.14 bits per heavy atom. The predicted molar refractivity (Wildman–Crippen MR) is 101 cm³/mol. The molecule has 4 nitrogen and oxygen atoms in total. The second-order valence-corrected chi connectivity index (χ2v) is 6.84. The van der Waals surface area contributed by atoms with Gasteiger partial charge in [-0.3, -0.25) is 4.90 Å². The Labute approximate surface area is 163 Å². The Hall–Kier alpha value is -2.09. The molecular formula is C21H25F3N2O2. The maximum Gasteiger partial charge on any atom is 0.387 e. The number of nitrogens with zero attached hydrogens (tertiary/aromatic N) is 1. The summed E-state index contributed by atoms with van der Waals surface area (Å²) in [5.41, 5.74) is 1.94. The topological polar surface area (TPSA) is 33.7 Å². The number of halogens is 3. The maximum absolute atomic E-state index is 13.8. The normalized spacial score (nSPS) is 18.2. The molecule has 0 saturated carbocycles. The van der Waals surface area contributed by atoms with Gasteiger partial charge in [0.15, 0.2) is 11.6 Å². The van der Waals surface area contributed by atoms with Crippen LogP contribution in [0.1, 0.15) is 17.5 Å². The second kappa shape index (κ2) is 10.5. The Kier molecular flexibility index (Phi) is 7.71. The molecule has 0 aromatic heterocycles. The van der Waals surface area contributed by atoms with Crippen molar-refractivity contribution in [3.05, 3.63) is 65.5 Å². The van der Waals surface area contributed by atoms with Gasteiger partial charge in [0.1, 0.15) is 0 Å². The summed E-state index contributed by atoms with van der Waals surface area (Å²) in [5, 5.41) is 3.26. The van der Waals surface area contributed by atoms with Crippen molar-refractivity contribution >= 4 is 0 Å². The van der Waals surface area contributed by atoms with Gasteiger partial charge in [-0.05, 0) is 29.7 Å². The molecule has 1 unspecified atom stereocenters. The van der Waals surface area contributed by atoms with Crippen molar-refractivity contribution in [1.82, 2.24) is 10.2 Å². The zero-order valence-corrected chi connectivity index (χ0v) is 15.6. The predicted octanol–water partition coefficient (Wildman–Crippen LogP) is 3.81. The van der Waals surface area contributed by atoms with E-state index in [0.29, 0.717) is 25.3 Å². The molecule has 1 saturated heterocycles. The molecule has 7 heteroatoms. The summed E-state index contributed by atoms with van der Waals surface area (Å²) < 4.78 is 48.2. The fourth-order valence-electron chi connectivity index (χ4n) is 3.30. The number of hydrogen-bond donors (Lipinski definition) is 1. The van der Waals surface area contributed by atoms with E-state index in [1.165, 1.54) is 17.7 Å². The van der Waals surface area contributed by atoms with Gasteiger partial charge in [-0.15, -0.1) is 0 Å². The smallest absolute Gasteiger partial charge is 0.387 e. The summed E-state index contributed by atoms with van der Waals surface area (Å²) in [5.74, 6) is -1.23. The lowest BCUT2D eigenvalue weighted by molar-refractivity contribution is -0.0522. The Balaban J connectivity index is 1.47. The molecule has 2 aromatic carbocycles. The van der Waals surface area contributed by atoms with Crippen molar-refractivity contribution < 1.29 is 22.6 Å². The van der Waals surface area contributed by atoms with Crippen LogP contribution in [0.15, 0.2) is 48.5 Å². The Morgan fingerprint density at radius 3 is 2.71 bits per heavy atom. The average molecular weight is 394 g/mol. The molecule has 0 aliphatic carbocycles. The molecule has 152 valence electrons. The van der Waals surface area contributed by atoms with Crippen LogP contribution in [0.5, 0.6) is 5.75 Å². The first-order chi connectivity index (χ1) is 13.6. The number of alkyl halides is 2. The van der Waals surface area contributed by atoms with Crippen LogP contribution in [0.25, 0.3) is 0 Å². The number of ether oxygens (including phenoxy) is 2. The van der Waals surface area contributed by atoms with Gasteiger partial charge in [-0.2, -0.15) is 8.78 Å². The monoisotopic (exact) mass is 394 g/mol. The summed E-state index contributed by atoms with van der Waals surface area (Å²) in [7, 11) is 0. The first-order valence-corrected chi connectivity index (χ1v) is 9.42. The molecular weight excluding hydrogens is 369 g/mol. The lowest BCUT2D eigenvalue weighted by Crippen LogP contribution is -2.37. The van der Waals surface area contributed by atoms with Gasteiger partial charge >= 0.3 is 6.61 Å². The van der Waals surface area contributed by atoms with Crippen molar-refractivity contribution in [2.45, 2.75) is 32.2 Å². The molecule has 1 heterocycles. The summed E-state index contributed by atoms with van der Waals surface area (Å²) in [6.45, 7) is 1.42. The van der Waals surface area contributed by atoms with Gasteiger partial charge in [0.2, 0.25) is 0 Å². The van der Waals surface area contributed by atoms with Gasteiger partial charge in [0, 0.05) is 39.3 Å². The molecule has 1 aliphatic heterocycles. The molecule has 28 heavy (non-hydrogen) atoms. The minimum atomic E-state index is -3.04. The summed E-state index contributed by atoms with van der Waals surface area (Å²) in [6.07, 6.45) is 1.03. The molecule has 1 aliphatic rings. The van der Waals surface area contributed by atoms with Crippen molar-refractivity contribution in [2.75, 3.05) is 26.2 Å². The minimum Gasteiger partial charge on any atom is -0.432 e. The lowest BCUT2D eigenvalue weighted by Gasteiger charge is -2.24. The molecule has 0 amide bonds. The van der Waals surface area contributed by atoms with Crippen molar-refractivity contribution in [3.63, 3.8) is 0 Å². The van der Waals surface area contributed by atoms with Crippen LogP contribution in [0.4, 0.5) is 13.2 Å². The standard InChI is InChI=1S/C21H25F3N2O2/c22-19-11-17(7-8-20(19)28-21(23)24)12-25-13-18-15-26(9-4-10-27-18)14-16-5-2-1-3-6-16/h1-3,5-8,11,18,21,25H,4,9-10,12-15H2. The van der Waals surface area contributed by atoms with E-state index in [0.717, 1.165) is 26.1 Å². The van der Waals surface area contributed by atoms with Gasteiger partial charge in [-0.25, -0.2) is 4.39 Å². The number of rotatable bonds is 8. The van der Waals surface area contributed by atoms with E-state index in [1.54, 1.807) is 6.07 Å². The third-order valence-electron chi connectivity index (χ3n) is 4.60. The first-order valence-electron chi connectivity index (χ1n) is 9.42. The highest BCUT2D eigenvalue weighted by Crippen LogP contribution is 2.20. The Bertz CT molecular complexity index is 731. The molecule has 1 atom stereocenters. The van der Waals surface area contributed by atoms with E-state index >= 15 is 0 Å². The molecule has 0 radical (unpaired) electrons. The summed E-state index contributed by atoms with van der Waals surface area (Å²) in [6, 6.07) is 14.3. The number of nitrogens with one attached hydrogen (secondary N) is 1. The maximum atomic E-state index is 13.8. The zero-order valence-electron chi connectivity index (χ0n) is 15.6. The van der Waals surface area contributed by atoms with Crippen LogP contribution in [-0.2, 0) is 17.8 Å². The molecule has 1 fully saturated rings. The largest absolute Gasteiger partial charge is 0.432 e. The van der Waals surface area contributed by atoms with Crippen LogP contribution < -0.4 is 10.1 Å². The van der Waals surface area contributed by atoms with Crippen molar-refractivity contribution in [3.8, 4) is 5.75 Å². The van der Waals surface area contributed by atoms with E-state index in [1.807, 2.05) is 18.2 Å². The molecule has 1 N–H and O–H groups in total. The van der Waals surface area contributed by atoms with Crippen LogP contribution in [0, 0.1) is 5.82 Å². The van der Waals surface area contributed by atoms with E-state index in [-0.39, 0.29) is 6.10 Å². The fourth-order valence-corrected chi connectivity index (χ4v) is 3.30. The van der Waals surface area contributed by atoms with Crippen LogP contribution in [0.3, 0.4) is 0 Å². The van der Waals surface area contributed by atoms with Gasteiger partial charge in [0.05, 0.1) is 6.10 Å². The molecule has 3 rings (SSSR count). The quantitative estimate of drug-likeness (QED) is 0.738. The van der Waals surface area contributed by atoms with Gasteiger partial charge in [-0.1, -0.05) is 36.4 Å². The van der Waals surface area contributed by atoms with Gasteiger partial charge in [0.25, 0.3) is 0 Å². The van der Waals surface area contributed by atoms with E-state index in [2.05, 4.69) is 27.1 Å². The van der Waals surface area contributed by atoms with Crippen LogP contribution >= 0.6 is 0 Å². The summed E-state index contributed by atoms with van der Waals surface area (Å²) in [4.78, 5) is 2.38. The first kappa shape index (κ1) is 20.6. The van der Waals surface area contributed by atoms with Crippen LogP contribution in [0.2, 0.25) is 0 Å². The van der Waals surface area contributed by atoms with Gasteiger partial charge < -0.3 is 14.8 Å². The number of hydrogen-bond acceptors (Lipinski definition) is 4. The average Bonchev–Trinajstić information content (AvgIpc) is 2.89. The Morgan fingerprint density at radius 2 is 1.96 bits per heavy atom. The highest BCUT2D eigenvalue weighted by molar-refractivity contribution is 5.29. The zero-order chi connectivity index (χ0) is 19.8. The third kappa shape index (κ3) is 6.51. The lowest BCUT2D eigenvalue weighted by atomic mass is 10.2. The minimum absolute atomic E-state index is 0.0394. The highest BCUT2D eigenvalue weighted by Gasteiger charge is 2.18. The van der Waals surface area contributed by atoms with Crippen molar-refractivity contribution in [2.24, 2.45) is 0 Å². The summed E-state index contributed by atoms with van der Waals surface area (Å²) >= 11 is 0. The van der Waals surface area contributed by atoms with E-state index < -0.39 is 18.2 Å². The van der Waals surface area contributed by atoms with Crippen LogP contribution in [-0.4, -0.2) is 43.9 Å². The molecule has 2 aromatic rings. The van der Waals surface area contributed by atoms with Crippen molar-refractivity contribution in [1.29, 1.82) is 0 Å². The second-order valence-electron chi connectivity index (χ2n) is 6.84. The number of benzene rings is 2. The molecule has 0 bridgehead atoms. The van der Waals surface area contributed by atoms with E-state index in [9.17, 15) is 13.2 Å². The fraction of sp³-hybridized carbons (Fsp3) is 0.429. The molecule has 0 spiro atoms. The highest BCUT2D eigenvalue weighted by atomic mass is 19.3. The van der Waals surface area contributed by atoms with E-state index in [4.69, 9.17) is 4.74 Å².